The summed E-state index contributed by atoms with van der Waals surface area (Å²) in [7, 11) is 4.65. The van der Waals surface area contributed by atoms with E-state index in [0.717, 1.165) is 6.07 Å². The first kappa shape index (κ1) is 32.6. The van der Waals surface area contributed by atoms with Crippen LogP contribution in [0.15, 0.2) is 57.8 Å². The molecule has 1 aliphatic heterocycles. The van der Waals surface area contributed by atoms with Crippen molar-refractivity contribution in [2.75, 3.05) is 21.1 Å². The highest BCUT2D eigenvalue weighted by Gasteiger charge is 2.36. The third-order valence-corrected chi connectivity index (χ3v) is 8.38. The van der Waals surface area contributed by atoms with E-state index in [-0.39, 0.29) is 52.2 Å². The van der Waals surface area contributed by atoms with Crippen LogP contribution < -0.4 is 10.9 Å². The lowest BCUT2D eigenvalue weighted by Gasteiger charge is -2.34. The van der Waals surface area contributed by atoms with Gasteiger partial charge < -0.3 is 15.1 Å². The summed E-state index contributed by atoms with van der Waals surface area (Å²) in [6.45, 7) is 3.24. The summed E-state index contributed by atoms with van der Waals surface area (Å²) in [4.78, 5) is 60.2. The van der Waals surface area contributed by atoms with Gasteiger partial charge in [-0.15, -0.1) is 0 Å². The number of carbonyl (C=O) groups excluding carboxylic acids is 3. The quantitative estimate of drug-likeness (QED) is 0.334. The highest BCUT2D eigenvalue weighted by molar-refractivity contribution is 9.10. The van der Waals surface area contributed by atoms with Crippen molar-refractivity contribution in [2.45, 2.75) is 39.0 Å². The number of carbonyl (C=O) groups is 3. The minimum atomic E-state index is -4.68. The normalized spacial score (nSPS) is 14.5. The summed E-state index contributed by atoms with van der Waals surface area (Å²) in [5.74, 6) is -1.31. The third kappa shape index (κ3) is 5.94. The van der Waals surface area contributed by atoms with Gasteiger partial charge in [0.15, 0.2) is 5.69 Å². The van der Waals surface area contributed by atoms with Crippen LogP contribution in [0.1, 0.15) is 60.6 Å². The number of aromatic nitrogens is 4. The Labute approximate surface area is 269 Å². The van der Waals surface area contributed by atoms with Crippen molar-refractivity contribution >= 4 is 33.7 Å². The van der Waals surface area contributed by atoms with E-state index < -0.39 is 29.2 Å². The molecule has 0 saturated carbocycles. The Morgan fingerprint density at radius 1 is 1.04 bits per heavy atom. The lowest BCUT2D eigenvalue weighted by atomic mass is 9.98. The Balaban J connectivity index is 1.65. The number of alkyl halides is 3. The number of hydrogen-bond acceptors (Lipinski definition) is 6. The molecule has 3 heterocycles. The number of rotatable bonds is 5. The maximum Gasteiger partial charge on any atom is 0.417 e. The number of nitrogens with zero attached hydrogens (tertiary/aromatic N) is 6. The van der Waals surface area contributed by atoms with Crippen LogP contribution in [-0.4, -0.2) is 74.0 Å². The molecule has 0 aliphatic carbocycles. The number of benzene rings is 2. The van der Waals surface area contributed by atoms with Crippen LogP contribution in [0.4, 0.5) is 13.2 Å². The Hall–Kier alpha value is -4.79. The van der Waals surface area contributed by atoms with Gasteiger partial charge in [-0.1, -0.05) is 15.9 Å². The lowest BCUT2D eigenvalue weighted by molar-refractivity contribution is -0.138. The molecular formula is C31H29BrF3N7O4. The van der Waals surface area contributed by atoms with Crippen molar-refractivity contribution in [1.29, 1.82) is 0 Å². The highest BCUT2D eigenvalue weighted by atomic mass is 79.9. The van der Waals surface area contributed by atoms with Gasteiger partial charge in [0.1, 0.15) is 0 Å². The summed E-state index contributed by atoms with van der Waals surface area (Å²) in [5.41, 5.74) is 0.299. The fourth-order valence-electron chi connectivity index (χ4n) is 5.25. The van der Waals surface area contributed by atoms with Gasteiger partial charge in [-0.2, -0.15) is 18.3 Å². The van der Waals surface area contributed by atoms with E-state index in [1.54, 1.807) is 58.3 Å². The molecule has 1 N–H and O–H groups in total. The van der Waals surface area contributed by atoms with Crippen molar-refractivity contribution in [3.8, 4) is 11.6 Å². The molecule has 11 nitrogen and oxygen atoms in total. The number of hydrogen-bond donors (Lipinski definition) is 1. The zero-order valence-corrected chi connectivity index (χ0v) is 27.0. The Morgan fingerprint density at radius 3 is 2.30 bits per heavy atom. The van der Waals surface area contributed by atoms with Crippen molar-refractivity contribution in [3.63, 3.8) is 0 Å². The van der Waals surface area contributed by atoms with Crippen LogP contribution in [0.5, 0.6) is 0 Å². The van der Waals surface area contributed by atoms with Crippen LogP contribution in [0, 0.1) is 6.92 Å². The maximum atomic E-state index is 14.2. The molecule has 0 unspecified atom stereocenters. The SMILES string of the molecule is CNC(=O)c1ccc(-n2c(-n3nc(C(=O)N(C)C)cc3C)nc3c(c2=O)C[C@@H](C)N(C(=O)c2ccc(Br)c(C(F)(F)F)c2)C3)cc1. The summed E-state index contributed by atoms with van der Waals surface area (Å²) >= 11 is 2.90. The molecule has 0 saturated heterocycles. The van der Waals surface area contributed by atoms with E-state index in [4.69, 9.17) is 4.98 Å². The fourth-order valence-corrected chi connectivity index (χ4v) is 5.72. The standard InChI is InChI=1S/C31H29BrF3N7O4/c1-16-12-21-25(15-40(16)27(44)19-8-11-23(32)22(14-19)31(33,34)35)37-30(42-17(2)13-24(38-42)29(46)39(4)5)41(28(21)45)20-9-6-18(7-10-20)26(43)36-3/h6-11,13-14,16H,12,15H2,1-5H3,(H,36,43)/t16-/m1/s1. The molecule has 4 aromatic rings. The molecule has 1 atom stereocenters. The van der Waals surface area contributed by atoms with E-state index >= 15 is 0 Å². The zero-order valence-electron chi connectivity index (χ0n) is 25.4. The lowest BCUT2D eigenvalue weighted by Crippen LogP contribution is -2.46. The second kappa shape index (κ2) is 12.2. The molecule has 1 aliphatic rings. The minimum Gasteiger partial charge on any atom is -0.355 e. The van der Waals surface area contributed by atoms with Crippen LogP contribution in [0.3, 0.4) is 0 Å². The molecular weight excluding hydrogens is 671 g/mol. The minimum absolute atomic E-state index is 0.0247. The summed E-state index contributed by atoms with van der Waals surface area (Å²) in [5, 5.41) is 6.98. The smallest absolute Gasteiger partial charge is 0.355 e. The zero-order chi connectivity index (χ0) is 33.7. The van der Waals surface area contributed by atoms with Gasteiger partial charge in [0.05, 0.1) is 23.5 Å². The van der Waals surface area contributed by atoms with Crippen molar-refractivity contribution in [3.05, 3.63) is 103 Å². The van der Waals surface area contributed by atoms with Crippen LogP contribution in [0.2, 0.25) is 0 Å². The topological polar surface area (TPSA) is 122 Å². The van der Waals surface area contributed by atoms with Gasteiger partial charge in [-0.05, 0) is 68.8 Å². The van der Waals surface area contributed by atoms with Crippen LogP contribution in [-0.2, 0) is 19.1 Å². The maximum absolute atomic E-state index is 14.2. The molecule has 0 fully saturated rings. The van der Waals surface area contributed by atoms with Crippen molar-refractivity contribution < 1.29 is 27.6 Å². The fraction of sp³-hybridized carbons (Fsp3) is 0.290. The molecule has 15 heteroatoms. The van der Waals surface area contributed by atoms with Crippen molar-refractivity contribution in [1.82, 2.24) is 34.4 Å². The van der Waals surface area contributed by atoms with E-state index in [2.05, 4.69) is 26.3 Å². The second-order valence-corrected chi connectivity index (χ2v) is 11.9. The number of amides is 3. The predicted octanol–water partition coefficient (Wildman–Crippen LogP) is 4.16. The summed E-state index contributed by atoms with van der Waals surface area (Å²) < 4.78 is 43.3. The van der Waals surface area contributed by atoms with Crippen molar-refractivity contribution in [2.24, 2.45) is 0 Å². The first-order valence-corrected chi connectivity index (χ1v) is 14.8. The second-order valence-electron chi connectivity index (χ2n) is 11.1. The molecule has 240 valence electrons. The number of halogens is 4. The Kier molecular flexibility index (Phi) is 8.64. The van der Waals surface area contributed by atoms with Gasteiger partial charge in [-0.3, -0.25) is 19.2 Å². The monoisotopic (exact) mass is 699 g/mol. The largest absolute Gasteiger partial charge is 0.417 e. The average Bonchev–Trinajstić information content (AvgIpc) is 3.40. The van der Waals surface area contributed by atoms with Crippen LogP contribution in [0.25, 0.3) is 11.6 Å². The van der Waals surface area contributed by atoms with Crippen LogP contribution >= 0.6 is 15.9 Å². The molecule has 5 rings (SSSR count). The predicted molar refractivity (Wildman–Crippen MR) is 165 cm³/mol. The van der Waals surface area contributed by atoms with E-state index in [1.807, 2.05) is 0 Å². The number of aryl methyl sites for hydroxylation is 1. The molecule has 46 heavy (non-hydrogen) atoms. The Bertz CT molecular complexity index is 1930. The third-order valence-electron chi connectivity index (χ3n) is 7.69. The number of nitrogens with one attached hydrogen (secondary N) is 1. The van der Waals surface area contributed by atoms with E-state index in [0.29, 0.717) is 22.5 Å². The average molecular weight is 701 g/mol. The summed E-state index contributed by atoms with van der Waals surface area (Å²) in [6, 6.07) is 10.5. The van der Waals surface area contributed by atoms with Gasteiger partial charge >= 0.3 is 6.18 Å². The van der Waals surface area contributed by atoms with Gasteiger partial charge in [0, 0.05) is 54.0 Å². The first-order chi connectivity index (χ1) is 21.6. The highest BCUT2D eigenvalue weighted by Crippen LogP contribution is 2.36. The Morgan fingerprint density at radius 2 is 1.70 bits per heavy atom. The van der Waals surface area contributed by atoms with E-state index in [1.165, 1.54) is 38.2 Å². The molecule has 2 aromatic heterocycles. The van der Waals surface area contributed by atoms with Gasteiger partial charge in [0.25, 0.3) is 23.3 Å². The van der Waals surface area contributed by atoms with Gasteiger partial charge in [-0.25, -0.2) is 14.2 Å². The number of fused-ring (bicyclic) bond motifs is 1. The summed E-state index contributed by atoms with van der Waals surface area (Å²) in [6.07, 6.45) is -4.60. The van der Waals surface area contributed by atoms with E-state index in [9.17, 15) is 32.3 Å². The first-order valence-electron chi connectivity index (χ1n) is 14.1. The molecule has 2 aromatic carbocycles. The molecule has 0 bridgehead atoms. The molecule has 0 spiro atoms. The van der Waals surface area contributed by atoms with Gasteiger partial charge in [0.2, 0.25) is 5.95 Å². The molecule has 0 radical (unpaired) electrons. The molecule has 3 amide bonds.